The molecule has 20 heavy (non-hydrogen) atoms. The van der Waals surface area contributed by atoms with E-state index in [2.05, 4.69) is 5.32 Å². The monoisotopic (exact) mass is 285 g/mol. The van der Waals surface area contributed by atoms with Gasteiger partial charge in [0.15, 0.2) is 0 Å². The van der Waals surface area contributed by atoms with E-state index < -0.39 is 5.97 Å². The minimum absolute atomic E-state index is 0.0247. The number of aliphatic carboxylic acids is 1. The van der Waals surface area contributed by atoms with Crippen LogP contribution in [0.4, 0.5) is 4.79 Å². The largest absolute Gasteiger partial charge is 0.481 e. The number of carboxylic acid groups (broad SMARTS) is 1. The third-order valence-corrected chi connectivity index (χ3v) is 3.75. The van der Waals surface area contributed by atoms with E-state index in [1.807, 2.05) is 27.8 Å². The van der Waals surface area contributed by atoms with Crippen LogP contribution in [0.2, 0.25) is 0 Å². The van der Waals surface area contributed by atoms with Gasteiger partial charge in [-0.2, -0.15) is 0 Å². The number of rotatable bonds is 4. The molecule has 0 aromatic heterocycles. The Balaban J connectivity index is 2.72. The number of piperidine rings is 1. The minimum atomic E-state index is -0.878. The molecule has 0 atom stereocenters. The van der Waals surface area contributed by atoms with Crippen molar-refractivity contribution in [2.45, 2.75) is 51.6 Å². The molecule has 0 aromatic rings. The summed E-state index contributed by atoms with van der Waals surface area (Å²) in [7, 11) is 1.82. The van der Waals surface area contributed by atoms with Gasteiger partial charge in [-0.3, -0.25) is 4.79 Å². The van der Waals surface area contributed by atoms with Crippen molar-refractivity contribution < 1.29 is 14.7 Å². The molecule has 1 rings (SSSR count). The molecule has 6 nitrogen and oxygen atoms in total. The molecule has 2 amide bonds. The molecule has 116 valence electrons. The molecule has 0 unspecified atom stereocenters. The Morgan fingerprint density at radius 2 is 1.80 bits per heavy atom. The van der Waals surface area contributed by atoms with Crippen molar-refractivity contribution in [1.82, 2.24) is 15.1 Å². The fourth-order valence-electron chi connectivity index (χ4n) is 2.47. The Morgan fingerprint density at radius 3 is 2.25 bits per heavy atom. The summed E-state index contributed by atoms with van der Waals surface area (Å²) in [5.41, 5.74) is -0.381. The van der Waals surface area contributed by atoms with Crippen LogP contribution in [0.5, 0.6) is 0 Å². The highest BCUT2D eigenvalue weighted by molar-refractivity contribution is 5.76. The number of amides is 2. The average molecular weight is 285 g/mol. The highest BCUT2D eigenvalue weighted by atomic mass is 16.4. The standard InChI is InChI=1S/C14H27N3O3/c1-14(2,3)17(10-7-12(18)19)13(20)16(4)11-5-8-15-9-6-11/h11,15H,5-10H2,1-4H3,(H,18,19). The Kier molecular flexibility index (Phi) is 5.80. The Hall–Kier alpha value is -1.30. The van der Waals surface area contributed by atoms with E-state index in [0.29, 0.717) is 0 Å². The molecule has 1 aliphatic heterocycles. The summed E-state index contributed by atoms with van der Waals surface area (Å²) in [6.07, 6.45) is 1.86. The summed E-state index contributed by atoms with van der Waals surface area (Å²) in [4.78, 5) is 26.8. The number of carboxylic acids is 1. The van der Waals surface area contributed by atoms with Crippen molar-refractivity contribution in [2.24, 2.45) is 0 Å². The number of nitrogens with one attached hydrogen (secondary N) is 1. The predicted octanol–water partition coefficient (Wildman–Crippen LogP) is 1.37. The number of hydrogen-bond acceptors (Lipinski definition) is 3. The third-order valence-electron chi connectivity index (χ3n) is 3.75. The predicted molar refractivity (Wildman–Crippen MR) is 77.8 cm³/mol. The van der Waals surface area contributed by atoms with Crippen molar-refractivity contribution in [3.8, 4) is 0 Å². The van der Waals surface area contributed by atoms with Crippen molar-refractivity contribution in [3.63, 3.8) is 0 Å². The van der Waals surface area contributed by atoms with Crippen molar-refractivity contribution in [2.75, 3.05) is 26.7 Å². The molecule has 0 aromatic carbocycles. The van der Waals surface area contributed by atoms with Crippen molar-refractivity contribution in [3.05, 3.63) is 0 Å². The Labute approximate surface area is 121 Å². The van der Waals surface area contributed by atoms with Crippen LogP contribution in [0.15, 0.2) is 0 Å². The molecule has 1 heterocycles. The maximum Gasteiger partial charge on any atom is 0.320 e. The Morgan fingerprint density at radius 1 is 1.25 bits per heavy atom. The Bertz CT molecular complexity index is 346. The lowest BCUT2D eigenvalue weighted by molar-refractivity contribution is -0.137. The zero-order chi connectivity index (χ0) is 15.3. The van der Waals surface area contributed by atoms with E-state index >= 15 is 0 Å². The fraction of sp³-hybridized carbons (Fsp3) is 0.857. The molecule has 1 saturated heterocycles. The molecule has 0 spiro atoms. The van der Waals surface area contributed by atoms with Crippen molar-refractivity contribution >= 4 is 12.0 Å². The molecular formula is C14H27N3O3. The van der Waals surface area contributed by atoms with Gasteiger partial charge in [-0.15, -0.1) is 0 Å². The van der Waals surface area contributed by atoms with Gasteiger partial charge in [-0.1, -0.05) is 0 Å². The molecule has 0 radical (unpaired) electrons. The van der Waals surface area contributed by atoms with E-state index in [-0.39, 0.29) is 30.6 Å². The second kappa shape index (κ2) is 6.92. The van der Waals surface area contributed by atoms with Crippen molar-refractivity contribution in [1.29, 1.82) is 0 Å². The molecule has 0 saturated carbocycles. The average Bonchev–Trinajstić information content (AvgIpc) is 2.37. The SMILES string of the molecule is CN(C(=O)N(CCC(=O)O)C(C)(C)C)C1CCNCC1. The quantitative estimate of drug-likeness (QED) is 0.818. The molecule has 6 heteroatoms. The lowest BCUT2D eigenvalue weighted by Crippen LogP contribution is -2.55. The van der Waals surface area contributed by atoms with Gasteiger partial charge in [-0.05, 0) is 46.7 Å². The van der Waals surface area contributed by atoms with Gasteiger partial charge in [0.05, 0.1) is 6.42 Å². The van der Waals surface area contributed by atoms with Gasteiger partial charge in [0.25, 0.3) is 0 Å². The first-order chi connectivity index (χ1) is 9.23. The zero-order valence-electron chi connectivity index (χ0n) is 13.0. The number of nitrogens with zero attached hydrogens (tertiary/aromatic N) is 2. The van der Waals surface area contributed by atoms with Crippen LogP contribution in [-0.2, 0) is 4.79 Å². The first kappa shape index (κ1) is 16.8. The number of hydrogen-bond donors (Lipinski definition) is 2. The first-order valence-corrected chi connectivity index (χ1v) is 7.20. The maximum absolute atomic E-state index is 12.6. The second-order valence-electron chi connectivity index (χ2n) is 6.34. The van der Waals surface area contributed by atoms with E-state index in [4.69, 9.17) is 5.11 Å². The second-order valence-corrected chi connectivity index (χ2v) is 6.34. The van der Waals surface area contributed by atoms with E-state index in [1.54, 1.807) is 9.80 Å². The van der Waals surface area contributed by atoms with Gasteiger partial charge in [0.1, 0.15) is 0 Å². The highest BCUT2D eigenvalue weighted by Gasteiger charge is 2.32. The van der Waals surface area contributed by atoms with Gasteiger partial charge >= 0.3 is 12.0 Å². The van der Waals surface area contributed by atoms with Crippen LogP contribution in [0.3, 0.4) is 0 Å². The summed E-state index contributed by atoms with van der Waals surface area (Å²) in [6, 6.07) is 0.157. The van der Waals surface area contributed by atoms with Gasteiger partial charge < -0.3 is 20.2 Å². The number of urea groups is 1. The molecule has 2 N–H and O–H groups in total. The summed E-state index contributed by atoms with van der Waals surface area (Å²) < 4.78 is 0. The van der Waals surface area contributed by atoms with Gasteiger partial charge in [0, 0.05) is 25.2 Å². The fourth-order valence-corrected chi connectivity index (χ4v) is 2.47. The van der Waals surface area contributed by atoms with Crippen LogP contribution in [0, 0.1) is 0 Å². The molecule has 1 fully saturated rings. The molecule has 0 bridgehead atoms. The van der Waals surface area contributed by atoms with Gasteiger partial charge in [-0.25, -0.2) is 4.79 Å². The van der Waals surface area contributed by atoms with E-state index in [9.17, 15) is 9.59 Å². The lowest BCUT2D eigenvalue weighted by atomic mass is 10.0. The minimum Gasteiger partial charge on any atom is -0.481 e. The zero-order valence-corrected chi connectivity index (χ0v) is 13.0. The summed E-state index contributed by atoms with van der Waals surface area (Å²) in [6.45, 7) is 7.89. The van der Waals surface area contributed by atoms with Crippen LogP contribution in [-0.4, -0.2) is 65.2 Å². The maximum atomic E-state index is 12.6. The lowest BCUT2D eigenvalue weighted by Gasteiger charge is -2.41. The van der Waals surface area contributed by atoms with E-state index in [0.717, 1.165) is 25.9 Å². The highest BCUT2D eigenvalue weighted by Crippen LogP contribution is 2.19. The topological polar surface area (TPSA) is 72.9 Å². The third kappa shape index (κ3) is 4.67. The molecule has 1 aliphatic rings. The van der Waals surface area contributed by atoms with Crippen LogP contribution in [0.1, 0.15) is 40.0 Å². The van der Waals surface area contributed by atoms with Crippen LogP contribution in [0.25, 0.3) is 0 Å². The summed E-state index contributed by atoms with van der Waals surface area (Å²) in [5, 5.41) is 12.1. The normalized spacial score (nSPS) is 16.8. The first-order valence-electron chi connectivity index (χ1n) is 7.20. The number of carbonyl (C=O) groups excluding carboxylic acids is 1. The smallest absolute Gasteiger partial charge is 0.320 e. The van der Waals surface area contributed by atoms with Gasteiger partial charge in [0.2, 0.25) is 0 Å². The molecule has 0 aliphatic carbocycles. The summed E-state index contributed by atoms with van der Waals surface area (Å²) >= 11 is 0. The van der Waals surface area contributed by atoms with Crippen LogP contribution >= 0.6 is 0 Å². The summed E-state index contributed by atoms with van der Waals surface area (Å²) in [5.74, 6) is -0.878. The van der Waals surface area contributed by atoms with Crippen LogP contribution < -0.4 is 5.32 Å². The number of carbonyl (C=O) groups is 2. The molecular weight excluding hydrogens is 258 g/mol. The van der Waals surface area contributed by atoms with E-state index in [1.165, 1.54) is 0 Å².